The van der Waals surface area contributed by atoms with Crippen molar-refractivity contribution < 1.29 is 0 Å². The van der Waals surface area contributed by atoms with E-state index in [4.69, 9.17) is 11.6 Å². The summed E-state index contributed by atoms with van der Waals surface area (Å²) in [6.45, 7) is 0. The molecule has 0 saturated heterocycles. The van der Waals surface area contributed by atoms with Gasteiger partial charge in [-0.2, -0.15) is 0 Å². The number of hydrogen-bond donors (Lipinski definition) is 0. The van der Waals surface area contributed by atoms with Gasteiger partial charge >= 0.3 is 0 Å². The molecule has 1 atom stereocenters. The maximum absolute atomic E-state index is 6.39. The number of fused-ring (bicyclic) bond motifs is 5. The van der Waals surface area contributed by atoms with Crippen LogP contribution < -0.4 is 0 Å². The monoisotopic (exact) mass is 344 g/mol. The minimum absolute atomic E-state index is 0.344. The molecule has 0 radical (unpaired) electrons. The Labute approximate surface area is 151 Å². The smallest absolute Gasteiger partial charge is 0.0661 e. The van der Waals surface area contributed by atoms with E-state index in [-0.39, 0.29) is 0 Å². The van der Waals surface area contributed by atoms with Gasteiger partial charge in [0.15, 0.2) is 0 Å². The Balaban J connectivity index is 1.77. The van der Waals surface area contributed by atoms with Crippen LogP contribution in [0.2, 0.25) is 5.02 Å². The quantitative estimate of drug-likeness (QED) is 0.401. The zero-order chi connectivity index (χ0) is 16.8. The number of hydrogen-bond acceptors (Lipinski definition) is 2. The summed E-state index contributed by atoms with van der Waals surface area (Å²) < 4.78 is 0. The Morgan fingerprint density at radius 2 is 1.72 bits per heavy atom. The first-order valence-electron chi connectivity index (χ1n) is 8.71. The largest absolute Gasteiger partial charge is 0.261 e. The maximum Gasteiger partial charge on any atom is 0.0661 e. The van der Waals surface area contributed by atoms with Crippen LogP contribution in [0.5, 0.6) is 0 Å². The first-order chi connectivity index (χ1) is 12.3. The molecule has 3 aromatic carbocycles. The van der Waals surface area contributed by atoms with Crippen molar-refractivity contribution in [1.29, 1.82) is 0 Å². The summed E-state index contributed by atoms with van der Waals surface area (Å²) in [6.07, 6.45) is 8.88. The number of aryl methyl sites for hydroxylation is 1. The molecule has 1 aliphatic carbocycles. The Morgan fingerprint density at radius 1 is 0.880 bits per heavy atom. The van der Waals surface area contributed by atoms with Gasteiger partial charge in [-0.1, -0.05) is 48.0 Å². The van der Waals surface area contributed by atoms with Crippen molar-refractivity contribution in [1.82, 2.24) is 9.97 Å². The highest BCUT2D eigenvalue weighted by Gasteiger charge is 2.24. The Hall–Kier alpha value is -2.45. The van der Waals surface area contributed by atoms with Crippen molar-refractivity contribution in [2.45, 2.75) is 25.2 Å². The van der Waals surface area contributed by atoms with Gasteiger partial charge in [0, 0.05) is 34.9 Å². The predicted molar refractivity (Wildman–Crippen MR) is 103 cm³/mol. The second-order valence-electron chi connectivity index (χ2n) is 6.70. The third-order valence-corrected chi connectivity index (χ3v) is 5.72. The van der Waals surface area contributed by atoms with Gasteiger partial charge in [-0.25, -0.2) is 0 Å². The molecule has 0 saturated carbocycles. The second kappa shape index (κ2) is 5.82. The number of aromatic nitrogens is 2. The molecule has 25 heavy (non-hydrogen) atoms. The van der Waals surface area contributed by atoms with Gasteiger partial charge in [0.25, 0.3) is 0 Å². The van der Waals surface area contributed by atoms with Crippen LogP contribution in [-0.4, -0.2) is 9.97 Å². The molecule has 0 N–H and O–H groups in total. The van der Waals surface area contributed by atoms with Gasteiger partial charge in [0.2, 0.25) is 0 Å². The van der Waals surface area contributed by atoms with E-state index in [1.54, 1.807) is 12.4 Å². The Kier molecular flexibility index (Phi) is 3.46. The van der Waals surface area contributed by atoms with E-state index in [0.717, 1.165) is 28.9 Å². The summed E-state index contributed by atoms with van der Waals surface area (Å²) in [6, 6.07) is 15.1. The fraction of sp³-hybridized carbons (Fsp3) is 0.182. The molecule has 1 aromatic heterocycles. The van der Waals surface area contributed by atoms with E-state index >= 15 is 0 Å². The van der Waals surface area contributed by atoms with E-state index in [1.807, 2.05) is 18.3 Å². The normalized spacial score (nSPS) is 16.9. The zero-order valence-electron chi connectivity index (χ0n) is 13.7. The lowest BCUT2D eigenvalue weighted by molar-refractivity contribution is 0.605. The lowest BCUT2D eigenvalue weighted by Crippen LogP contribution is -2.13. The van der Waals surface area contributed by atoms with E-state index < -0.39 is 0 Å². The topological polar surface area (TPSA) is 25.8 Å². The van der Waals surface area contributed by atoms with Gasteiger partial charge in [-0.3, -0.25) is 9.97 Å². The highest BCUT2D eigenvalue weighted by atomic mass is 35.5. The molecular weight excluding hydrogens is 328 g/mol. The molecule has 5 rings (SSSR count). The summed E-state index contributed by atoms with van der Waals surface area (Å²) in [5.74, 6) is 0.344. The van der Waals surface area contributed by atoms with Crippen LogP contribution in [0.25, 0.3) is 21.5 Å². The van der Waals surface area contributed by atoms with Crippen LogP contribution >= 0.6 is 11.6 Å². The van der Waals surface area contributed by atoms with E-state index in [2.05, 4.69) is 40.3 Å². The van der Waals surface area contributed by atoms with Crippen LogP contribution in [0.1, 0.15) is 35.6 Å². The van der Waals surface area contributed by atoms with E-state index in [9.17, 15) is 0 Å². The molecule has 0 aliphatic heterocycles. The van der Waals surface area contributed by atoms with Crippen molar-refractivity contribution in [2.75, 3.05) is 0 Å². The van der Waals surface area contributed by atoms with Gasteiger partial charge < -0.3 is 0 Å². The molecule has 1 unspecified atom stereocenters. The van der Waals surface area contributed by atoms with Crippen LogP contribution in [0.3, 0.4) is 0 Å². The average Bonchev–Trinajstić information content (AvgIpc) is 2.68. The van der Waals surface area contributed by atoms with Crippen molar-refractivity contribution in [3.63, 3.8) is 0 Å². The zero-order valence-corrected chi connectivity index (χ0v) is 14.5. The number of rotatable bonds is 1. The van der Waals surface area contributed by atoms with Gasteiger partial charge in [-0.15, -0.1) is 0 Å². The number of benzene rings is 3. The van der Waals surface area contributed by atoms with Crippen molar-refractivity contribution in [3.8, 4) is 0 Å². The third-order valence-electron chi connectivity index (χ3n) is 5.39. The van der Waals surface area contributed by atoms with Crippen LogP contribution in [0.4, 0.5) is 0 Å². The van der Waals surface area contributed by atoms with Crippen LogP contribution in [-0.2, 0) is 6.42 Å². The lowest BCUT2D eigenvalue weighted by Gasteiger charge is -2.26. The number of nitrogens with zero attached hydrogens (tertiary/aromatic N) is 2. The average molecular weight is 345 g/mol. The molecule has 2 nitrogen and oxygen atoms in total. The van der Waals surface area contributed by atoms with Crippen LogP contribution in [0.15, 0.2) is 61.1 Å². The van der Waals surface area contributed by atoms with Gasteiger partial charge in [-0.05, 0) is 52.6 Å². The summed E-state index contributed by atoms with van der Waals surface area (Å²) in [4.78, 5) is 8.83. The molecule has 1 aliphatic rings. The predicted octanol–water partition coefficient (Wildman–Crippen LogP) is 5.90. The molecule has 0 spiro atoms. The summed E-state index contributed by atoms with van der Waals surface area (Å²) in [7, 11) is 0. The molecule has 4 aromatic rings. The third kappa shape index (κ3) is 2.32. The molecule has 0 amide bonds. The van der Waals surface area contributed by atoms with Crippen molar-refractivity contribution in [2.24, 2.45) is 0 Å². The fourth-order valence-corrected chi connectivity index (χ4v) is 4.49. The Bertz CT molecular complexity index is 1090. The summed E-state index contributed by atoms with van der Waals surface area (Å²) in [5, 5.41) is 5.81. The summed E-state index contributed by atoms with van der Waals surface area (Å²) in [5.41, 5.74) is 3.94. The first-order valence-corrected chi connectivity index (χ1v) is 9.09. The van der Waals surface area contributed by atoms with Gasteiger partial charge in [0.05, 0.1) is 5.69 Å². The minimum atomic E-state index is 0.344. The second-order valence-corrected chi connectivity index (χ2v) is 7.11. The highest BCUT2D eigenvalue weighted by Crippen LogP contribution is 2.41. The van der Waals surface area contributed by atoms with Gasteiger partial charge in [0.1, 0.15) is 0 Å². The SMILES string of the molecule is Clc1cccc2c1ccc1c3c(ccc12)C(c1cnccn1)CCC3. The molecule has 3 heteroatoms. The number of halogens is 1. The maximum atomic E-state index is 6.39. The minimum Gasteiger partial charge on any atom is -0.261 e. The van der Waals surface area contributed by atoms with Crippen LogP contribution in [0, 0.1) is 0 Å². The molecule has 122 valence electrons. The molecule has 1 heterocycles. The standard InChI is InChI=1S/C22H17ClN2/c23-21-6-2-4-15-17-7-8-18-14(16(17)9-10-19(15)21)3-1-5-20(18)22-13-24-11-12-25-22/h2,4,6-13,20H,1,3,5H2. The molecule has 0 fully saturated rings. The lowest BCUT2D eigenvalue weighted by atomic mass is 9.78. The summed E-state index contributed by atoms with van der Waals surface area (Å²) >= 11 is 6.39. The first kappa shape index (κ1) is 14.9. The Morgan fingerprint density at radius 3 is 2.60 bits per heavy atom. The van der Waals surface area contributed by atoms with E-state index in [0.29, 0.717) is 5.92 Å². The van der Waals surface area contributed by atoms with Crippen molar-refractivity contribution >= 4 is 33.1 Å². The highest BCUT2D eigenvalue weighted by molar-refractivity contribution is 6.36. The van der Waals surface area contributed by atoms with Crippen molar-refractivity contribution in [3.05, 3.63) is 82.9 Å². The fourth-order valence-electron chi connectivity index (χ4n) is 4.26. The molecule has 0 bridgehead atoms. The van der Waals surface area contributed by atoms with E-state index in [1.165, 1.54) is 33.7 Å². The molecular formula is C22H17ClN2.